The Morgan fingerprint density at radius 1 is 1.10 bits per heavy atom. The number of aromatic amines is 1. The van der Waals surface area contributed by atoms with Crippen LogP contribution in [0.5, 0.6) is 0 Å². The average molecular weight is 378 g/mol. The SMILES string of the molecule is O=c1[nH]c(C2Cc3ccccc3C2)nc(C2CC2)c1I. The van der Waals surface area contributed by atoms with Gasteiger partial charge in [0.25, 0.3) is 5.56 Å². The molecule has 4 rings (SSSR count). The second-order valence-electron chi connectivity index (χ2n) is 5.80. The molecule has 2 aliphatic carbocycles. The molecule has 1 saturated carbocycles. The first-order valence-corrected chi connectivity index (χ1v) is 8.16. The average Bonchev–Trinajstić information content (AvgIpc) is 3.19. The summed E-state index contributed by atoms with van der Waals surface area (Å²) in [5, 5.41) is 0. The lowest BCUT2D eigenvalue weighted by Gasteiger charge is -2.11. The predicted molar refractivity (Wildman–Crippen MR) is 86.1 cm³/mol. The molecule has 0 saturated heterocycles. The largest absolute Gasteiger partial charge is 0.309 e. The van der Waals surface area contributed by atoms with Gasteiger partial charge in [-0.1, -0.05) is 24.3 Å². The fourth-order valence-electron chi connectivity index (χ4n) is 3.07. The fourth-order valence-corrected chi connectivity index (χ4v) is 3.76. The third kappa shape index (κ3) is 2.10. The van der Waals surface area contributed by atoms with Crippen molar-refractivity contribution in [3.63, 3.8) is 0 Å². The van der Waals surface area contributed by atoms with Crippen molar-refractivity contribution in [2.75, 3.05) is 0 Å². The van der Waals surface area contributed by atoms with E-state index in [1.54, 1.807) is 0 Å². The van der Waals surface area contributed by atoms with Crippen molar-refractivity contribution in [1.82, 2.24) is 9.97 Å². The van der Waals surface area contributed by atoms with Crippen LogP contribution in [0.4, 0.5) is 0 Å². The molecule has 0 spiro atoms. The molecule has 1 aromatic heterocycles. The standard InChI is InChI=1S/C16H15IN2O/c17-13-14(9-5-6-9)18-15(19-16(13)20)12-7-10-3-1-2-4-11(10)8-12/h1-4,9,12H,5-8H2,(H,18,19,20). The Morgan fingerprint density at radius 3 is 2.35 bits per heavy atom. The van der Waals surface area contributed by atoms with Gasteiger partial charge in [0.1, 0.15) is 5.82 Å². The highest BCUT2D eigenvalue weighted by Crippen LogP contribution is 2.41. The maximum Gasteiger partial charge on any atom is 0.264 e. The van der Waals surface area contributed by atoms with Gasteiger partial charge in [-0.2, -0.15) is 0 Å². The van der Waals surface area contributed by atoms with E-state index in [2.05, 4.69) is 51.8 Å². The van der Waals surface area contributed by atoms with Crippen LogP contribution in [-0.4, -0.2) is 9.97 Å². The van der Waals surface area contributed by atoms with Crippen LogP contribution in [0.25, 0.3) is 0 Å². The van der Waals surface area contributed by atoms with E-state index in [1.807, 2.05) is 0 Å². The van der Waals surface area contributed by atoms with Crippen LogP contribution in [0.2, 0.25) is 0 Å². The Morgan fingerprint density at radius 2 is 1.75 bits per heavy atom. The van der Waals surface area contributed by atoms with E-state index in [4.69, 9.17) is 4.98 Å². The number of hydrogen-bond donors (Lipinski definition) is 1. The number of nitrogens with one attached hydrogen (secondary N) is 1. The molecule has 2 aromatic rings. The molecule has 4 heteroatoms. The molecular formula is C16H15IN2O. The second-order valence-corrected chi connectivity index (χ2v) is 6.88. The summed E-state index contributed by atoms with van der Waals surface area (Å²) in [5.74, 6) is 1.73. The third-order valence-corrected chi connectivity index (χ3v) is 5.35. The van der Waals surface area contributed by atoms with Gasteiger partial charge in [0.2, 0.25) is 0 Å². The second kappa shape index (κ2) is 4.69. The molecule has 0 aliphatic heterocycles. The Balaban J connectivity index is 1.72. The zero-order valence-electron chi connectivity index (χ0n) is 11.0. The Labute approximate surface area is 131 Å². The van der Waals surface area contributed by atoms with Crippen molar-refractivity contribution in [1.29, 1.82) is 0 Å². The minimum Gasteiger partial charge on any atom is -0.309 e. The molecule has 1 fully saturated rings. The third-order valence-electron chi connectivity index (χ3n) is 4.31. The summed E-state index contributed by atoms with van der Waals surface area (Å²) in [4.78, 5) is 19.9. The molecule has 0 radical (unpaired) electrons. The van der Waals surface area contributed by atoms with Crippen molar-refractivity contribution in [2.24, 2.45) is 0 Å². The molecule has 102 valence electrons. The van der Waals surface area contributed by atoms with E-state index in [-0.39, 0.29) is 5.56 Å². The highest BCUT2D eigenvalue weighted by atomic mass is 127. The lowest BCUT2D eigenvalue weighted by Crippen LogP contribution is -2.20. The van der Waals surface area contributed by atoms with Gasteiger partial charge in [0, 0.05) is 11.8 Å². The summed E-state index contributed by atoms with van der Waals surface area (Å²) >= 11 is 2.13. The molecular weight excluding hydrogens is 363 g/mol. The highest BCUT2D eigenvalue weighted by Gasteiger charge is 2.31. The van der Waals surface area contributed by atoms with Gasteiger partial charge in [-0.15, -0.1) is 0 Å². The molecule has 1 N–H and O–H groups in total. The molecule has 20 heavy (non-hydrogen) atoms. The normalized spacial score (nSPS) is 18.2. The molecule has 0 atom stereocenters. The molecule has 0 unspecified atom stereocenters. The van der Waals surface area contributed by atoms with Crippen LogP contribution in [0, 0.1) is 3.57 Å². The number of fused-ring (bicyclic) bond motifs is 1. The summed E-state index contributed by atoms with van der Waals surface area (Å²) in [7, 11) is 0. The first kappa shape index (κ1) is 12.6. The van der Waals surface area contributed by atoms with E-state index >= 15 is 0 Å². The van der Waals surface area contributed by atoms with Gasteiger partial charge >= 0.3 is 0 Å². The quantitative estimate of drug-likeness (QED) is 0.817. The van der Waals surface area contributed by atoms with Crippen LogP contribution in [-0.2, 0) is 12.8 Å². The Hall–Kier alpha value is -1.17. The Kier molecular flexibility index (Phi) is 2.94. The van der Waals surface area contributed by atoms with Gasteiger partial charge in [-0.25, -0.2) is 4.98 Å². The minimum absolute atomic E-state index is 0.0356. The van der Waals surface area contributed by atoms with Gasteiger partial charge < -0.3 is 4.98 Å². The van der Waals surface area contributed by atoms with Crippen LogP contribution < -0.4 is 5.56 Å². The van der Waals surface area contributed by atoms with Crippen molar-refractivity contribution in [3.05, 3.63) is 60.8 Å². The van der Waals surface area contributed by atoms with E-state index in [9.17, 15) is 4.79 Å². The predicted octanol–water partition coefficient (Wildman–Crippen LogP) is 3.13. The lowest BCUT2D eigenvalue weighted by atomic mass is 10.1. The summed E-state index contributed by atoms with van der Waals surface area (Å²) in [5.41, 5.74) is 3.85. The number of H-pyrrole nitrogens is 1. The summed E-state index contributed by atoms with van der Waals surface area (Å²) in [6, 6.07) is 8.53. The molecule has 1 heterocycles. The molecule has 0 amide bonds. The maximum absolute atomic E-state index is 12.1. The van der Waals surface area contributed by atoms with Crippen molar-refractivity contribution in [2.45, 2.75) is 37.5 Å². The summed E-state index contributed by atoms with van der Waals surface area (Å²) in [6.45, 7) is 0. The fraction of sp³-hybridized carbons (Fsp3) is 0.375. The number of aromatic nitrogens is 2. The first-order chi connectivity index (χ1) is 9.72. The van der Waals surface area contributed by atoms with Gasteiger partial charge in [-0.3, -0.25) is 4.79 Å². The summed E-state index contributed by atoms with van der Waals surface area (Å²) in [6.07, 6.45) is 4.33. The maximum atomic E-state index is 12.1. The van der Waals surface area contributed by atoms with Crippen LogP contribution in [0.15, 0.2) is 29.1 Å². The number of rotatable bonds is 2. The van der Waals surface area contributed by atoms with Gasteiger partial charge in [-0.05, 0) is 59.4 Å². The first-order valence-electron chi connectivity index (χ1n) is 7.09. The topological polar surface area (TPSA) is 45.8 Å². The monoisotopic (exact) mass is 378 g/mol. The van der Waals surface area contributed by atoms with E-state index in [0.717, 1.165) is 27.9 Å². The number of hydrogen-bond acceptors (Lipinski definition) is 2. The van der Waals surface area contributed by atoms with Gasteiger partial charge in [0.15, 0.2) is 0 Å². The zero-order chi connectivity index (χ0) is 13.7. The van der Waals surface area contributed by atoms with Gasteiger partial charge in [0.05, 0.1) is 9.26 Å². The van der Waals surface area contributed by atoms with E-state index in [1.165, 1.54) is 24.0 Å². The minimum atomic E-state index is 0.0356. The van der Waals surface area contributed by atoms with Crippen molar-refractivity contribution >= 4 is 22.6 Å². The molecule has 0 bridgehead atoms. The van der Waals surface area contributed by atoms with Crippen LogP contribution in [0.1, 0.15) is 47.3 Å². The Bertz CT molecular complexity index is 708. The lowest BCUT2D eigenvalue weighted by molar-refractivity contribution is 0.666. The number of nitrogens with zero attached hydrogens (tertiary/aromatic N) is 1. The van der Waals surface area contributed by atoms with Crippen LogP contribution in [0.3, 0.4) is 0 Å². The molecule has 1 aromatic carbocycles. The van der Waals surface area contributed by atoms with Crippen molar-refractivity contribution < 1.29 is 0 Å². The molecule has 3 nitrogen and oxygen atoms in total. The van der Waals surface area contributed by atoms with E-state index in [0.29, 0.717) is 11.8 Å². The van der Waals surface area contributed by atoms with Crippen LogP contribution >= 0.6 is 22.6 Å². The van der Waals surface area contributed by atoms with E-state index < -0.39 is 0 Å². The number of benzene rings is 1. The smallest absolute Gasteiger partial charge is 0.264 e. The zero-order valence-corrected chi connectivity index (χ0v) is 13.2. The highest BCUT2D eigenvalue weighted by molar-refractivity contribution is 14.1. The molecule has 2 aliphatic rings. The number of halogens is 1. The summed E-state index contributed by atoms with van der Waals surface area (Å²) < 4.78 is 0.782. The van der Waals surface area contributed by atoms with Crippen molar-refractivity contribution in [3.8, 4) is 0 Å².